The summed E-state index contributed by atoms with van der Waals surface area (Å²) in [6.45, 7) is 3.37. The molecule has 0 aliphatic carbocycles. The molecule has 6 nitrogen and oxygen atoms in total. The fraction of sp³-hybridized carbons (Fsp3) is 0.826. The molecule has 0 saturated heterocycles. The van der Waals surface area contributed by atoms with Crippen LogP contribution >= 0.6 is 0 Å². The maximum atomic E-state index is 11.8. The first-order valence-electron chi connectivity index (χ1n) is 11.4. The largest absolute Gasteiger partial charge is 0.508 e. The summed E-state index contributed by atoms with van der Waals surface area (Å²) >= 11 is 0. The molecule has 0 aromatic heterocycles. The van der Waals surface area contributed by atoms with Gasteiger partial charge in [-0.05, 0) is 13.3 Å². The van der Waals surface area contributed by atoms with Crippen molar-refractivity contribution in [2.45, 2.75) is 116 Å². The van der Waals surface area contributed by atoms with Crippen molar-refractivity contribution in [2.75, 3.05) is 6.61 Å². The van der Waals surface area contributed by atoms with Gasteiger partial charge in [-0.2, -0.15) is 0 Å². The number of carbonyl (C=O) groups is 2. The third-order valence-corrected chi connectivity index (χ3v) is 5.44. The van der Waals surface area contributed by atoms with E-state index in [1.165, 1.54) is 71.1 Å². The van der Waals surface area contributed by atoms with Crippen LogP contribution in [0.3, 0.4) is 0 Å². The highest BCUT2D eigenvalue weighted by Gasteiger charge is 2.37. The van der Waals surface area contributed by atoms with Gasteiger partial charge in [-0.3, -0.25) is 4.79 Å². The van der Waals surface area contributed by atoms with Gasteiger partial charge in [0.05, 0.1) is 5.57 Å². The predicted octanol–water partition coefficient (Wildman–Crippen LogP) is 5.13. The van der Waals surface area contributed by atoms with Crippen LogP contribution in [0.15, 0.2) is 11.3 Å². The molecular formula is C23H40O6. The normalized spacial score (nSPS) is 17.5. The fourth-order valence-electron chi connectivity index (χ4n) is 3.46. The van der Waals surface area contributed by atoms with Gasteiger partial charge < -0.3 is 19.7 Å². The van der Waals surface area contributed by atoms with E-state index in [0.717, 1.165) is 19.3 Å². The molecule has 0 unspecified atom stereocenters. The zero-order valence-corrected chi connectivity index (χ0v) is 18.3. The standard InChI is InChI=1S/C23H40O6/c1-3-4-5-6-7-8-9-10-11-12-13-14-15-16-20(25)28-17-19(24)22-21(26)18(2)23(27)29-22/h19,22,24,26H,3-17H2,1-2H3/t19-,22+/m0/s1. The number of carbonyl (C=O) groups excluding carboxylic acids is 2. The maximum absolute atomic E-state index is 11.8. The first-order valence-corrected chi connectivity index (χ1v) is 11.4. The third-order valence-electron chi connectivity index (χ3n) is 5.44. The number of unbranched alkanes of at least 4 members (excludes halogenated alkanes) is 12. The Labute approximate surface area is 175 Å². The molecule has 1 heterocycles. The molecule has 0 bridgehead atoms. The van der Waals surface area contributed by atoms with E-state index < -0.39 is 18.2 Å². The van der Waals surface area contributed by atoms with Crippen LogP contribution in [0.4, 0.5) is 0 Å². The van der Waals surface area contributed by atoms with E-state index in [1.807, 2.05) is 0 Å². The van der Waals surface area contributed by atoms with Crippen LogP contribution < -0.4 is 0 Å². The number of esters is 2. The minimum absolute atomic E-state index is 0.0763. The van der Waals surface area contributed by atoms with Crippen molar-refractivity contribution in [1.82, 2.24) is 0 Å². The molecule has 1 aliphatic heterocycles. The average Bonchev–Trinajstić information content (AvgIpc) is 2.97. The molecule has 2 atom stereocenters. The van der Waals surface area contributed by atoms with Crippen molar-refractivity contribution in [3.63, 3.8) is 0 Å². The minimum atomic E-state index is -1.26. The van der Waals surface area contributed by atoms with Crippen LogP contribution in [-0.4, -0.2) is 41.0 Å². The lowest BCUT2D eigenvalue weighted by Gasteiger charge is -2.17. The second kappa shape index (κ2) is 15.3. The van der Waals surface area contributed by atoms with E-state index in [2.05, 4.69) is 6.92 Å². The lowest BCUT2D eigenvalue weighted by atomic mass is 10.0. The SMILES string of the molecule is CCCCCCCCCCCCCCCC(=O)OC[C@H](O)[C@H]1OC(=O)C(C)=C1O. The predicted molar refractivity (Wildman–Crippen MR) is 112 cm³/mol. The lowest BCUT2D eigenvalue weighted by molar-refractivity contribution is -0.153. The molecule has 0 aromatic carbocycles. The van der Waals surface area contributed by atoms with Gasteiger partial charge in [-0.1, -0.05) is 84.0 Å². The van der Waals surface area contributed by atoms with Crippen molar-refractivity contribution in [2.24, 2.45) is 0 Å². The number of aliphatic hydroxyl groups is 2. The molecule has 29 heavy (non-hydrogen) atoms. The van der Waals surface area contributed by atoms with E-state index in [-0.39, 0.29) is 23.9 Å². The number of aliphatic hydroxyl groups excluding tert-OH is 2. The summed E-state index contributed by atoms with van der Waals surface area (Å²) in [5.41, 5.74) is 0.0763. The summed E-state index contributed by atoms with van der Waals surface area (Å²) in [7, 11) is 0. The summed E-state index contributed by atoms with van der Waals surface area (Å²) in [5, 5.41) is 19.7. The van der Waals surface area contributed by atoms with Gasteiger partial charge in [0.15, 0.2) is 6.10 Å². The smallest absolute Gasteiger partial charge is 0.338 e. The van der Waals surface area contributed by atoms with E-state index in [1.54, 1.807) is 0 Å². The minimum Gasteiger partial charge on any atom is -0.508 e. The fourth-order valence-corrected chi connectivity index (χ4v) is 3.46. The topological polar surface area (TPSA) is 93.1 Å². The van der Waals surface area contributed by atoms with Crippen LogP contribution in [-0.2, 0) is 19.1 Å². The van der Waals surface area contributed by atoms with Crippen LogP contribution in [0.25, 0.3) is 0 Å². The Morgan fingerprint density at radius 3 is 1.90 bits per heavy atom. The molecule has 0 fully saturated rings. The average molecular weight is 413 g/mol. The maximum Gasteiger partial charge on any atom is 0.338 e. The number of hydrogen-bond donors (Lipinski definition) is 2. The summed E-state index contributed by atoms with van der Waals surface area (Å²) < 4.78 is 9.89. The summed E-state index contributed by atoms with van der Waals surface area (Å²) in [6.07, 6.45) is 14.1. The molecular weight excluding hydrogens is 372 g/mol. The van der Waals surface area contributed by atoms with Gasteiger partial charge in [0.2, 0.25) is 0 Å². The van der Waals surface area contributed by atoms with Crippen LogP contribution in [0.2, 0.25) is 0 Å². The zero-order chi connectivity index (χ0) is 21.5. The molecule has 6 heteroatoms. The third kappa shape index (κ3) is 10.7. The lowest BCUT2D eigenvalue weighted by Crippen LogP contribution is -2.33. The van der Waals surface area contributed by atoms with Gasteiger partial charge in [0, 0.05) is 6.42 Å². The van der Waals surface area contributed by atoms with Crippen molar-refractivity contribution >= 4 is 11.9 Å². The Kier molecular flexibility index (Phi) is 13.4. The van der Waals surface area contributed by atoms with E-state index in [4.69, 9.17) is 9.47 Å². The van der Waals surface area contributed by atoms with Gasteiger partial charge in [-0.15, -0.1) is 0 Å². The molecule has 0 amide bonds. The van der Waals surface area contributed by atoms with Crippen molar-refractivity contribution < 1.29 is 29.3 Å². The monoisotopic (exact) mass is 412 g/mol. The second-order valence-corrected chi connectivity index (χ2v) is 8.08. The molecule has 0 aromatic rings. The second-order valence-electron chi connectivity index (χ2n) is 8.08. The highest BCUT2D eigenvalue weighted by molar-refractivity contribution is 5.91. The van der Waals surface area contributed by atoms with E-state index in [0.29, 0.717) is 6.42 Å². The first kappa shape index (κ1) is 25.5. The number of rotatable bonds is 17. The Bertz CT molecular complexity index is 513. The highest BCUT2D eigenvalue weighted by Crippen LogP contribution is 2.23. The van der Waals surface area contributed by atoms with Gasteiger partial charge >= 0.3 is 11.9 Å². The van der Waals surface area contributed by atoms with Gasteiger partial charge in [0.1, 0.15) is 18.5 Å². The van der Waals surface area contributed by atoms with E-state index in [9.17, 15) is 19.8 Å². The molecule has 0 spiro atoms. The number of ether oxygens (including phenoxy) is 2. The van der Waals surface area contributed by atoms with E-state index >= 15 is 0 Å². The summed E-state index contributed by atoms with van der Waals surface area (Å²) in [5.74, 6) is -1.34. The van der Waals surface area contributed by atoms with Crippen molar-refractivity contribution in [1.29, 1.82) is 0 Å². The Balaban J connectivity index is 1.93. The Hall–Kier alpha value is -1.56. The van der Waals surface area contributed by atoms with Crippen LogP contribution in [0.1, 0.15) is 104 Å². The summed E-state index contributed by atoms with van der Waals surface area (Å²) in [4.78, 5) is 23.1. The number of cyclic esters (lactones) is 1. The quantitative estimate of drug-likeness (QED) is 0.254. The van der Waals surface area contributed by atoms with Crippen molar-refractivity contribution in [3.05, 3.63) is 11.3 Å². The van der Waals surface area contributed by atoms with Gasteiger partial charge in [-0.25, -0.2) is 4.79 Å². The Morgan fingerprint density at radius 1 is 0.966 bits per heavy atom. The van der Waals surface area contributed by atoms with Crippen LogP contribution in [0, 0.1) is 0 Å². The molecule has 168 valence electrons. The van der Waals surface area contributed by atoms with Gasteiger partial charge in [0.25, 0.3) is 0 Å². The molecule has 1 rings (SSSR count). The summed E-state index contributed by atoms with van der Waals surface area (Å²) in [6, 6.07) is 0. The molecule has 2 N–H and O–H groups in total. The van der Waals surface area contributed by atoms with Crippen molar-refractivity contribution in [3.8, 4) is 0 Å². The highest BCUT2D eigenvalue weighted by atomic mass is 16.6. The number of hydrogen-bond acceptors (Lipinski definition) is 6. The first-order chi connectivity index (χ1) is 14.0. The van der Waals surface area contributed by atoms with Crippen LogP contribution in [0.5, 0.6) is 0 Å². The Morgan fingerprint density at radius 2 is 1.45 bits per heavy atom. The molecule has 1 aliphatic rings. The molecule has 0 saturated carbocycles. The zero-order valence-electron chi connectivity index (χ0n) is 18.3. The molecule has 0 radical (unpaired) electrons.